The number of halogens is 2. The minimum absolute atomic E-state index is 0.583. The maximum Gasteiger partial charge on any atom is 0.0721 e. The topological polar surface area (TPSA) is 9.23 Å². The van der Waals surface area contributed by atoms with Crippen molar-refractivity contribution >= 4 is 23.2 Å². The van der Waals surface area contributed by atoms with E-state index in [4.69, 9.17) is 27.9 Å². The first-order chi connectivity index (χ1) is 14.2. The van der Waals surface area contributed by atoms with Crippen LogP contribution in [0.2, 0.25) is 10.0 Å². The maximum atomic E-state index is 5.96. The van der Waals surface area contributed by atoms with Gasteiger partial charge in [0.25, 0.3) is 0 Å². The third kappa shape index (κ3) is 5.27. The molecule has 0 heterocycles. The molecule has 0 fully saturated rings. The molecular weight excluding hydrogens is 399 g/mol. The molecule has 0 aliphatic carbocycles. The van der Waals surface area contributed by atoms with Crippen LogP contribution in [0.3, 0.4) is 0 Å². The molecule has 144 valence electrons. The van der Waals surface area contributed by atoms with Gasteiger partial charge in [-0.25, -0.2) is 0 Å². The molecule has 29 heavy (non-hydrogen) atoms. The van der Waals surface area contributed by atoms with Gasteiger partial charge in [0, 0.05) is 10.0 Å². The first-order valence-corrected chi connectivity index (χ1v) is 10.2. The molecule has 3 heteroatoms. The van der Waals surface area contributed by atoms with Crippen molar-refractivity contribution in [2.45, 2.75) is 13.2 Å². The fourth-order valence-corrected chi connectivity index (χ4v) is 3.41. The van der Waals surface area contributed by atoms with Crippen molar-refractivity contribution in [2.75, 3.05) is 0 Å². The lowest BCUT2D eigenvalue weighted by atomic mass is 10.0. The summed E-state index contributed by atoms with van der Waals surface area (Å²) in [7, 11) is 0. The van der Waals surface area contributed by atoms with Crippen LogP contribution in [0.5, 0.6) is 0 Å². The molecule has 0 aromatic heterocycles. The molecule has 0 radical (unpaired) electrons. The second-order valence-corrected chi connectivity index (χ2v) is 7.77. The highest BCUT2D eigenvalue weighted by atomic mass is 35.5. The first-order valence-electron chi connectivity index (χ1n) is 9.45. The number of hydrogen-bond donors (Lipinski definition) is 0. The monoisotopic (exact) mass is 418 g/mol. The fourth-order valence-electron chi connectivity index (χ4n) is 3.16. The molecule has 0 saturated carbocycles. The normalized spacial score (nSPS) is 10.8. The highest BCUT2D eigenvalue weighted by molar-refractivity contribution is 6.30. The molecule has 0 unspecified atom stereocenters. The van der Waals surface area contributed by atoms with E-state index in [2.05, 4.69) is 48.5 Å². The van der Waals surface area contributed by atoms with E-state index in [1.807, 2.05) is 48.5 Å². The van der Waals surface area contributed by atoms with Crippen LogP contribution < -0.4 is 0 Å². The summed E-state index contributed by atoms with van der Waals surface area (Å²) in [5.74, 6) is 0. The van der Waals surface area contributed by atoms with Crippen LogP contribution in [0.4, 0.5) is 0 Å². The van der Waals surface area contributed by atoms with Gasteiger partial charge in [0.1, 0.15) is 0 Å². The third-order valence-electron chi connectivity index (χ3n) is 4.80. The SMILES string of the molecule is Clc1ccc(-c2ccc(COCc3ccc(-c4ccc(Cl)cc4)cc3)cc2)cc1. The van der Waals surface area contributed by atoms with Gasteiger partial charge in [-0.2, -0.15) is 0 Å². The number of hydrogen-bond acceptors (Lipinski definition) is 1. The Morgan fingerprint density at radius 3 is 1.00 bits per heavy atom. The lowest BCUT2D eigenvalue weighted by Gasteiger charge is -2.08. The van der Waals surface area contributed by atoms with Crippen LogP contribution in [0.25, 0.3) is 22.3 Å². The molecule has 0 bridgehead atoms. The van der Waals surface area contributed by atoms with Crippen molar-refractivity contribution in [3.63, 3.8) is 0 Å². The highest BCUT2D eigenvalue weighted by Crippen LogP contribution is 2.23. The average Bonchev–Trinajstić information content (AvgIpc) is 2.76. The summed E-state index contributed by atoms with van der Waals surface area (Å²) >= 11 is 11.9. The highest BCUT2D eigenvalue weighted by Gasteiger charge is 2.01. The Kier molecular flexibility index (Phi) is 6.31. The average molecular weight is 419 g/mol. The summed E-state index contributed by atoms with van der Waals surface area (Å²) in [5.41, 5.74) is 6.96. The minimum atomic E-state index is 0.583. The summed E-state index contributed by atoms with van der Waals surface area (Å²) in [5, 5.41) is 1.50. The van der Waals surface area contributed by atoms with Gasteiger partial charge in [-0.05, 0) is 57.6 Å². The lowest BCUT2D eigenvalue weighted by Crippen LogP contribution is -1.94. The Bertz CT molecular complexity index is 963. The molecule has 4 rings (SSSR count). The number of rotatable bonds is 6. The molecule has 0 spiro atoms. The van der Waals surface area contributed by atoms with E-state index in [1.165, 1.54) is 11.1 Å². The molecule has 0 saturated heterocycles. The quantitative estimate of drug-likeness (QED) is 0.307. The zero-order valence-electron chi connectivity index (χ0n) is 15.8. The van der Waals surface area contributed by atoms with Gasteiger partial charge in [0.05, 0.1) is 13.2 Å². The molecule has 0 atom stereocenters. The van der Waals surface area contributed by atoms with Crippen LogP contribution in [-0.2, 0) is 18.0 Å². The Labute approximate surface area is 181 Å². The number of ether oxygens (including phenoxy) is 1. The van der Waals surface area contributed by atoms with E-state index in [9.17, 15) is 0 Å². The van der Waals surface area contributed by atoms with E-state index in [0.29, 0.717) is 13.2 Å². The van der Waals surface area contributed by atoms with Gasteiger partial charge in [0.2, 0.25) is 0 Å². The molecule has 0 aliphatic heterocycles. The van der Waals surface area contributed by atoms with Gasteiger partial charge in [-0.1, -0.05) is 96.0 Å². The van der Waals surface area contributed by atoms with Crippen molar-refractivity contribution in [3.05, 3.63) is 118 Å². The van der Waals surface area contributed by atoms with Crippen LogP contribution >= 0.6 is 23.2 Å². The largest absolute Gasteiger partial charge is 0.372 e. The Morgan fingerprint density at radius 1 is 0.414 bits per heavy atom. The van der Waals surface area contributed by atoms with Crippen LogP contribution in [-0.4, -0.2) is 0 Å². The van der Waals surface area contributed by atoms with Gasteiger partial charge in [0.15, 0.2) is 0 Å². The fraction of sp³-hybridized carbons (Fsp3) is 0.0769. The Balaban J connectivity index is 1.31. The van der Waals surface area contributed by atoms with Gasteiger partial charge >= 0.3 is 0 Å². The Morgan fingerprint density at radius 2 is 0.690 bits per heavy atom. The van der Waals surface area contributed by atoms with E-state index in [-0.39, 0.29) is 0 Å². The maximum absolute atomic E-state index is 5.96. The van der Waals surface area contributed by atoms with Crippen molar-refractivity contribution < 1.29 is 4.74 Å². The van der Waals surface area contributed by atoms with Gasteiger partial charge in [-0.3, -0.25) is 0 Å². The van der Waals surface area contributed by atoms with E-state index in [1.54, 1.807) is 0 Å². The minimum Gasteiger partial charge on any atom is -0.372 e. The van der Waals surface area contributed by atoms with Gasteiger partial charge in [-0.15, -0.1) is 0 Å². The van der Waals surface area contributed by atoms with Crippen molar-refractivity contribution in [2.24, 2.45) is 0 Å². The van der Waals surface area contributed by atoms with Gasteiger partial charge < -0.3 is 4.74 Å². The zero-order chi connectivity index (χ0) is 20.1. The van der Waals surface area contributed by atoms with Crippen molar-refractivity contribution in [1.82, 2.24) is 0 Å². The van der Waals surface area contributed by atoms with E-state index < -0.39 is 0 Å². The number of benzene rings is 4. The Hall–Kier alpha value is -2.58. The third-order valence-corrected chi connectivity index (χ3v) is 5.30. The summed E-state index contributed by atoms with van der Waals surface area (Å²) in [6.07, 6.45) is 0. The predicted octanol–water partition coefficient (Wildman–Crippen LogP) is 8.04. The predicted molar refractivity (Wildman–Crippen MR) is 122 cm³/mol. The smallest absolute Gasteiger partial charge is 0.0721 e. The standard InChI is InChI=1S/C26H20Cl2O/c27-25-13-9-23(10-14-25)21-5-1-19(2-6-21)17-29-18-20-3-7-22(8-4-20)24-11-15-26(28)16-12-24/h1-16H,17-18H2. The molecule has 1 nitrogen and oxygen atoms in total. The summed E-state index contributed by atoms with van der Waals surface area (Å²) in [4.78, 5) is 0. The van der Waals surface area contributed by atoms with Crippen LogP contribution in [0.15, 0.2) is 97.1 Å². The molecule has 0 aliphatic rings. The summed E-state index contributed by atoms with van der Waals surface area (Å²) in [6.45, 7) is 1.17. The zero-order valence-corrected chi connectivity index (χ0v) is 17.3. The molecular formula is C26H20Cl2O. The molecule has 0 amide bonds. The second kappa shape index (κ2) is 9.28. The van der Waals surface area contributed by atoms with Crippen LogP contribution in [0.1, 0.15) is 11.1 Å². The lowest BCUT2D eigenvalue weighted by molar-refractivity contribution is 0.107. The molecule has 0 N–H and O–H groups in total. The first kappa shape index (κ1) is 19.7. The van der Waals surface area contributed by atoms with E-state index in [0.717, 1.165) is 32.3 Å². The molecule has 4 aromatic rings. The summed E-state index contributed by atoms with van der Waals surface area (Å²) in [6, 6.07) is 32.6. The molecule has 4 aromatic carbocycles. The summed E-state index contributed by atoms with van der Waals surface area (Å²) < 4.78 is 5.89. The van der Waals surface area contributed by atoms with Crippen molar-refractivity contribution in [1.29, 1.82) is 0 Å². The van der Waals surface area contributed by atoms with Crippen LogP contribution in [0, 0.1) is 0 Å². The van der Waals surface area contributed by atoms with E-state index >= 15 is 0 Å². The second-order valence-electron chi connectivity index (χ2n) is 6.90. The van der Waals surface area contributed by atoms with Crippen molar-refractivity contribution in [3.8, 4) is 22.3 Å².